The second kappa shape index (κ2) is 13.2. The molecule has 0 aliphatic carbocycles. The van der Waals surface area contributed by atoms with E-state index in [1.807, 2.05) is 48.5 Å². The first-order valence-corrected chi connectivity index (χ1v) is 11.0. The molecule has 8 heteroatoms. The second-order valence-corrected chi connectivity index (χ2v) is 7.62. The Balaban J connectivity index is 1.32. The fourth-order valence-corrected chi connectivity index (χ4v) is 3.02. The summed E-state index contributed by atoms with van der Waals surface area (Å²) in [6.07, 6.45) is -1.35. The first-order valence-electron chi connectivity index (χ1n) is 11.0. The highest BCUT2D eigenvalue weighted by atomic mass is 16.5. The number of aliphatic hydroxyl groups is 2. The van der Waals surface area contributed by atoms with Crippen molar-refractivity contribution in [2.75, 3.05) is 51.2 Å². The van der Waals surface area contributed by atoms with Crippen molar-refractivity contribution < 1.29 is 29.2 Å². The van der Waals surface area contributed by atoms with Crippen molar-refractivity contribution in [3.8, 4) is 23.0 Å². The van der Waals surface area contributed by atoms with Gasteiger partial charge in [-0.25, -0.2) is 0 Å². The van der Waals surface area contributed by atoms with Crippen molar-refractivity contribution in [1.82, 2.24) is 0 Å². The monoisotopic (exact) mass is 468 g/mol. The maximum atomic E-state index is 10.2. The van der Waals surface area contributed by atoms with Crippen LogP contribution in [0.3, 0.4) is 0 Å². The smallest absolute Gasteiger partial charge is 0.119 e. The van der Waals surface area contributed by atoms with Gasteiger partial charge in [0.05, 0.1) is 14.2 Å². The lowest BCUT2D eigenvalue weighted by molar-refractivity contribution is 0.115. The van der Waals surface area contributed by atoms with Gasteiger partial charge in [0.15, 0.2) is 0 Å². The highest BCUT2D eigenvalue weighted by Gasteiger charge is 2.08. The van der Waals surface area contributed by atoms with Crippen LogP contribution in [-0.2, 0) is 0 Å². The zero-order valence-corrected chi connectivity index (χ0v) is 19.4. The minimum atomic E-state index is -0.675. The average molecular weight is 469 g/mol. The lowest BCUT2D eigenvalue weighted by atomic mass is 10.3. The minimum absolute atomic E-state index is 0.152. The molecule has 3 aromatic carbocycles. The number of methoxy groups -OCH3 is 2. The highest BCUT2D eigenvalue weighted by molar-refractivity contribution is 5.47. The van der Waals surface area contributed by atoms with E-state index in [4.69, 9.17) is 18.9 Å². The number of aliphatic hydroxyl groups excluding tert-OH is 2. The van der Waals surface area contributed by atoms with E-state index in [0.717, 1.165) is 22.9 Å². The Bertz CT molecular complexity index is 884. The van der Waals surface area contributed by atoms with Crippen molar-refractivity contribution in [3.05, 3.63) is 72.8 Å². The van der Waals surface area contributed by atoms with E-state index >= 15 is 0 Å². The van der Waals surface area contributed by atoms with Crippen LogP contribution in [0.1, 0.15) is 0 Å². The molecular weight excluding hydrogens is 436 g/mol. The van der Waals surface area contributed by atoms with Crippen LogP contribution in [0.25, 0.3) is 0 Å². The number of benzene rings is 3. The van der Waals surface area contributed by atoms with Gasteiger partial charge in [-0.1, -0.05) is 0 Å². The third-order valence-corrected chi connectivity index (χ3v) is 4.97. The summed E-state index contributed by atoms with van der Waals surface area (Å²) >= 11 is 0. The first-order chi connectivity index (χ1) is 16.6. The fraction of sp³-hybridized carbons (Fsp3) is 0.308. The average Bonchev–Trinajstić information content (AvgIpc) is 2.89. The summed E-state index contributed by atoms with van der Waals surface area (Å²) < 4.78 is 21.5. The molecule has 4 N–H and O–H groups in total. The molecule has 0 aliphatic rings. The van der Waals surface area contributed by atoms with Gasteiger partial charge >= 0.3 is 0 Å². The molecule has 0 unspecified atom stereocenters. The van der Waals surface area contributed by atoms with Crippen LogP contribution >= 0.6 is 0 Å². The van der Waals surface area contributed by atoms with Gasteiger partial charge in [0.25, 0.3) is 0 Å². The summed E-state index contributed by atoms with van der Waals surface area (Å²) in [4.78, 5) is 0. The third-order valence-electron chi connectivity index (χ3n) is 4.97. The van der Waals surface area contributed by atoms with E-state index in [-0.39, 0.29) is 13.2 Å². The van der Waals surface area contributed by atoms with E-state index in [0.29, 0.717) is 24.6 Å². The van der Waals surface area contributed by atoms with Crippen LogP contribution in [-0.4, -0.2) is 62.9 Å². The SMILES string of the molecule is COc1ccc(NC[C@@H](O)COc2ccc(OC[C@@H](O)CNc3ccc(OC)cc3)cc2)cc1. The van der Waals surface area contributed by atoms with Gasteiger partial charge in [-0.2, -0.15) is 0 Å². The fourth-order valence-electron chi connectivity index (χ4n) is 3.02. The molecular formula is C26H32N2O6. The zero-order valence-electron chi connectivity index (χ0n) is 19.4. The molecule has 2 atom stereocenters. The second-order valence-electron chi connectivity index (χ2n) is 7.62. The van der Waals surface area contributed by atoms with E-state index < -0.39 is 12.2 Å². The lowest BCUT2D eigenvalue weighted by Crippen LogP contribution is -2.26. The van der Waals surface area contributed by atoms with Crippen LogP contribution in [0.2, 0.25) is 0 Å². The predicted molar refractivity (Wildman–Crippen MR) is 132 cm³/mol. The quantitative estimate of drug-likeness (QED) is 0.286. The first kappa shape index (κ1) is 25.0. The van der Waals surface area contributed by atoms with E-state index in [9.17, 15) is 10.2 Å². The van der Waals surface area contributed by atoms with Crippen LogP contribution in [0, 0.1) is 0 Å². The molecule has 0 bridgehead atoms. The molecule has 8 nitrogen and oxygen atoms in total. The third kappa shape index (κ3) is 8.38. The van der Waals surface area contributed by atoms with Gasteiger partial charge in [0.1, 0.15) is 48.4 Å². The van der Waals surface area contributed by atoms with Gasteiger partial charge in [0, 0.05) is 24.5 Å². The number of hydrogen-bond acceptors (Lipinski definition) is 8. The molecule has 3 aromatic rings. The predicted octanol–water partition coefficient (Wildman–Crippen LogP) is 3.41. The summed E-state index contributed by atoms with van der Waals surface area (Å²) in [5.41, 5.74) is 1.78. The summed E-state index contributed by atoms with van der Waals surface area (Å²) in [5, 5.41) is 26.6. The summed E-state index contributed by atoms with van der Waals surface area (Å²) in [6.45, 7) is 1.02. The number of ether oxygens (including phenoxy) is 4. The molecule has 0 saturated carbocycles. The van der Waals surface area contributed by atoms with E-state index in [1.54, 1.807) is 38.5 Å². The maximum absolute atomic E-state index is 10.2. The Kier molecular flexibility index (Phi) is 9.69. The van der Waals surface area contributed by atoms with Crippen molar-refractivity contribution in [2.45, 2.75) is 12.2 Å². The standard InChI is InChI=1S/C26H32N2O6/c1-31-23-7-3-19(4-8-23)27-15-21(29)17-33-25-11-13-26(14-12-25)34-18-22(30)16-28-20-5-9-24(32-2)10-6-20/h3-14,21-22,27-30H,15-18H2,1-2H3/t21-,22+. The summed E-state index contributed by atoms with van der Waals surface area (Å²) in [6, 6.07) is 22.0. The van der Waals surface area contributed by atoms with Crippen molar-refractivity contribution in [2.24, 2.45) is 0 Å². The number of rotatable bonds is 14. The summed E-state index contributed by atoms with van der Waals surface area (Å²) in [7, 11) is 3.24. The Morgan fingerprint density at radius 2 is 0.882 bits per heavy atom. The van der Waals surface area contributed by atoms with Gasteiger partial charge in [-0.15, -0.1) is 0 Å². The molecule has 0 aliphatic heterocycles. The number of hydrogen-bond donors (Lipinski definition) is 4. The van der Waals surface area contributed by atoms with Crippen LogP contribution < -0.4 is 29.6 Å². The molecule has 0 heterocycles. The lowest BCUT2D eigenvalue weighted by Gasteiger charge is -2.16. The van der Waals surface area contributed by atoms with Crippen LogP contribution in [0.5, 0.6) is 23.0 Å². The Morgan fingerprint density at radius 3 is 1.21 bits per heavy atom. The summed E-state index contributed by atoms with van der Waals surface area (Å²) in [5.74, 6) is 2.80. The molecule has 3 rings (SSSR count). The van der Waals surface area contributed by atoms with Crippen molar-refractivity contribution in [1.29, 1.82) is 0 Å². The molecule has 0 saturated heterocycles. The highest BCUT2D eigenvalue weighted by Crippen LogP contribution is 2.19. The van der Waals surface area contributed by atoms with Gasteiger partial charge in [0.2, 0.25) is 0 Å². The van der Waals surface area contributed by atoms with Gasteiger partial charge < -0.3 is 39.8 Å². The number of anilines is 2. The molecule has 0 fully saturated rings. The molecule has 34 heavy (non-hydrogen) atoms. The largest absolute Gasteiger partial charge is 0.497 e. The van der Waals surface area contributed by atoms with Crippen molar-refractivity contribution >= 4 is 11.4 Å². The molecule has 182 valence electrons. The zero-order chi connectivity index (χ0) is 24.2. The Hall–Kier alpha value is -3.62. The molecule has 0 spiro atoms. The maximum Gasteiger partial charge on any atom is 0.119 e. The Labute approximate surface area is 200 Å². The van der Waals surface area contributed by atoms with Crippen molar-refractivity contribution in [3.63, 3.8) is 0 Å². The van der Waals surface area contributed by atoms with E-state index in [2.05, 4.69) is 10.6 Å². The minimum Gasteiger partial charge on any atom is -0.497 e. The molecule has 0 aromatic heterocycles. The van der Waals surface area contributed by atoms with Gasteiger partial charge in [-0.05, 0) is 72.8 Å². The molecule has 0 amide bonds. The number of nitrogens with one attached hydrogen (secondary N) is 2. The van der Waals surface area contributed by atoms with Crippen LogP contribution in [0.4, 0.5) is 11.4 Å². The normalized spacial score (nSPS) is 12.4. The van der Waals surface area contributed by atoms with Crippen LogP contribution in [0.15, 0.2) is 72.8 Å². The van der Waals surface area contributed by atoms with Gasteiger partial charge in [-0.3, -0.25) is 0 Å². The topological polar surface area (TPSA) is 101 Å². The van der Waals surface area contributed by atoms with E-state index in [1.165, 1.54) is 0 Å². The Morgan fingerprint density at radius 1 is 0.559 bits per heavy atom. The molecule has 0 radical (unpaired) electrons.